The molecular formula is C17H25N5O3S. The van der Waals surface area contributed by atoms with Crippen molar-refractivity contribution in [3.8, 4) is 0 Å². The third-order valence-electron chi connectivity index (χ3n) is 3.87. The van der Waals surface area contributed by atoms with Gasteiger partial charge in [-0.1, -0.05) is 12.1 Å². The number of aromatic nitrogens is 2. The summed E-state index contributed by atoms with van der Waals surface area (Å²) in [6, 6.07) is 8.18. The number of hydrogen-bond donors (Lipinski definition) is 3. The normalized spacial score (nSPS) is 11.3. The highest BCUT2D eigenvalue weighted by Crippen LogP contribution is 2.10. The molecule has 0 aliphatic carbocycles. The van der Waals surface area contributed by atoms with Crippen molar-refractivity contribution in [2.24, 2.45) is 0 Å². The molecule has 0 saturated carbocycles. The third-order valence-corrected chi connectivity index (χ3v) is 5.28. The van der Waals surface area contributed by atoms with Gasteiger partial charge in [0, 0.05) is 25.3 Å². The maximum absolute atomic E-state index is 11.9. The van der Waals surface area contributed by atoms with Crippen LogP contribution >= 0.6 is 0 Å². The average molecular weight is 379 g/mol. The van der Waals surface area contributed by atoms with Gasteiger partial charge >= 0.3 is 6.03 Å². The molecule has 1 aromatic carbocycles. The van der Waals surface area contributed by atoms with Gasteiger partial charge in [0.1, 0.15) is 0 Å². The van der Waals surface area contributed by atoms with Crippen LogP contribution < -0.4 is 15.4 Å². The van der Waals surface area contributed by atoms with E-state index in [-0.39, 0.29) is 17.5 Å². The highest BCUT2D eigenvalue weighted by molar-refractivity contribution is 7.89. The molecule has 2 aromatic rings. The summed E-state index contributed by atoms with van der Waals surface area (Å²) in [4.78, 5) is 12.0. The Morgan fingerprint density at radius 3 is 2.62 bits per heavy atom. The largest absolute Gasteiger partial charge is 0.338 e. The molecule has 0 atom stereocenters. The molecule has 26 heavy (non-hydrogen) atoms. The summed E-state index contributed by atoms with van der Waals surface area (Å²) in [5.41, 5.74) is 2.79. The van der Waals surface area contributed by atoms with Crippen molar-refractivity contribution >= 4 is 16.1 Å². The molecule has 0 radical (unpaired) electrons. The Morgan fingerprint density at radius 2 is 1.96 bits per heavy atom. The van der Waals surface area contributed by atoms with Gasteiger partial charge in [0.25, 0.3) is 0 Å². The topological polar surface area (TPSA) is 105 Å². The number of benzene rings is 1. The van der Waals surface area contributed by atoms with Gasteiger partial charge in [0.2, 0.25) is 10.0 Å². The Hall–Kier alpha value is -2.39. The van der Waals surface area contributed by atoms with Crippen LogP contribution in [0.15, 0.2) is 35.2 Å². The number of carbonyl (C=O) groups excluding carboxylic acids is 1. The van der Waals surface area contributed by atoms with Gasteiger partial charge in [0.15, 0.2) is 0 Å². The second-order valence-corrected chi connectivity index (χ2v) is 7.85. The second kappa shape index (κ2) is 8.81. The van der Waals surface area contributed by atoms with Gasteiger partial charge in [-0.3, -0.25) is 4.68 Å². The summed E-state index contributed by atoms with van der Waals surface area (Å²) in [7, 11) is -2.13. The van der Waals surface area contributed by atoms with E-state index in [4.69, 9.17) is 0 Å². The lowest BCUT2D eigenvalue weighted by atomic mass is 10.2. The minimum absolute atomic E-state index is 0.171. The van der Waals surface area contributed by atoms with E-state index in [2.05, 4.69) is 20.5 Å². The van der Waals surface area contributed by atoms with Crippen LogP contribution in [0, 0.1) is 13.8 Å². The van der Waals surface area contributed by atoms with Gasteiger partial charge in [-0.15, -0.1) is 0 Å². The summed E-state index contributed by atoms with van der Waals surface area (Å²) in [6.07, 6.45) is 0.769. The van der Waals surface area contributed by atoms with Crippen LogP contribution in [0.1, 0.15) is 23.4 Å². The molecule has 0 fully saturated rings. The van der Waals surface area contributed by atoms with E-state index in [9.17, 15) is 13.2 Å². The van der Waals surface area contributed by atoms with E-state index in [0.717, 1.165) is 24.4 Å². The lowest BCUT2D eigenvalue weighted by Crippen LogP contribution is -2.36. The van der Waals surface area contributed by atoms with Gasteiger partial charge in [-0.2, -0.15) is 5.10 Å². The predicted octanol–water partition coefficient (Wildman–Crippen LogP) is 1.30. The SMILES string of the molecule is CNS(=O)(=O)c1cccc(CNC(=O)NCCCn2nc(C)cc2C)c1. The van der Waals surface area contributed by atoms with Crippen LogP contribution in [0.25, 0.3) is 0 Å². The lowest BCUT2D eigenvalue weighted by Gasteiger charge is -2.09. The number of hydrogen-bond acceptors (Lipinski definition) is 4. The van der Waals surface area contributed by atoms with E-state index in [1.54, 1.807) is 12.1 Å². The van der Waals surface area contributed by atoms with Crippen molar-refractivity contribution in [2.45, 2.75) is 38.3 Å². The minimum Gasteiger partial charge on any atom is -0.338 e. The molecule has 0 saturated heterocycles. The van der Waals surface area contributed by atoms with Crippen molar-refractivity contribution < 1.29 is 13.2 Å². The summed E-state index contributed by atoms with van der Waals surface area (Å²) in [6.45, 7) is 5.47. The summed E-state index contributed by atoms with van der Waals surface area (Å²) >= 11 is 0. The van der Waals surface area contributed by atoms with E-state index in [1.165, 1.54) is 19.2 Å². The minimum atomic E-state index is -3.49. The summed E-state index contributed by atoms with van der Waals surface area (Å²) in [5.74, 6) is 0. The standard InChI is InChI=1S/C17H25N5O3S/c1-13-10-14(2)22(21-13)9-5-8-19-17(23)20-12-15-6-4-7-16(11-15)26(24,25)18-3/h4,6-7,10-11,18H,5,8-9,12H2,1-3H3,(H2,19,20,23). The molecule has 142 valence electrons. The van der Waals surface area contributed by atoms with E-state index in [0.29, 0.717) is 12.1 Å². The Bertz CT molecular complexity index is 861. The summed E-state index contributed by atoms with van der Waals surface area (Å²) < 4.78 is 27.8. The van der Waals surface area contributed by atoms with Crippen LogP contribution in [-0.2, 0) is 23.1 Å². The smallest absolute Gasteiger partial charge is 0.315 e. The monoisotopic (exact) mass is 379 g/mol. The number of carbonyl (C=O) groups is 1. The quantitative estimate of drug-likeness (QED) is 0.601. The Morgan fingerprint density at radius 1 is 1.19 bits per heavy atom. The maximum Gasteiger partial charge on any atom is 0.315 e. The number of amides is 2. The first-order valence-electron chi connectivity index (χ1n) is 8.37. The van der Waals surface area contributed by atoms with Gasteiger partial charge in [-0.05, 0) is 51.1 Å². The zero-order valence-corrected chi connectivity index (χ0v) is 16.1. The van der Waals surface area contributed by atoms with Crippen molar-refractivity contribution in [1.29, 1.82) is 0 Å². The molecule has 0 unspecified atom stereocenters. The van der Waals surface area contributed by atoms with Crippen LogP contribution in [0.3, 0.4) is 0 Å². The molecule has 9 heteroatoms. The highest BCUT2D eigenvalue weighted by Gasteiger charge is 2.11. The Balaban J connectivity index is 1.75. The zero-order valence-electron chi connectivity index (χ0n) is 15.2. The van der Waals surface area contributed by atoms with Crippen LogP contribution in [0.2, 0.25) is 0 Å². The first-order valence-corrected chi connectivity index (χ1v) is 9.85. The summed E-state index contributed by atoms with van der Waals surface area (Å²) in [5, 5.41) is 9.88. The zero-order chi connectivity index (χ0) is 19.2. The average Bonchev–Trinajstić information content (AvgIpc) is 2.94. The van der Waals surface area contributed by atoms with Crippen molar-refractivity contribution in [3.63, 3.8) is 0 Å². The molecule has 1 aromatic heterocycles. The Kier molecular flexibility index (Phi) is 6.76. The maximum atomic E-state index is 11.9. The molecule has 2 amide bonds. The third kappa shape index (κ3) is 5.57. The number of nitrogens with zero attached hydrogens (tertiary/aromatic N) is 2. The fourth-order valence-corrected chi connectivity index (χ4v) is 3.32. The van der Waals surface area contributed by atoms with Crippen LogP contribution in [0.4, 0.5) is 4.79 Å². The predicted molar refractivity (Wildman–Crippen MR) is 99.2 cm³/mol. The van der Waals surface area contributed by atoms with Crippen LogP contribution in [-0.4, -0.2) is 37.8 Å². The second-order valence-electron chi connectivity index (χ2n) is 5.97. The van der Waals surface area contributed by atoms with Crippen molar-refractivity contribution in [2.75, 3.05) is 13.6 Å². The number of sulfonamides is 1. The molecule has 0 spiro atoms. The molecule has 0 bridgehead atoms. The molecular weight excluding hydrogens is 354 g/mol. The van der Waals surface area contributed by atoms with E-state index in [1.807, 2.05) is 24.6 Å². The number of aryl methyl sites for hydroxylation is 3. The lowest BCUT2D eigenvalue weighted by molar-refractivity contribution is 0.240. The molecule has 0 aliphatic rings. The van der Waals surface area contributed by atoms with Gasteiger partial charge in [0.05, 0.1) is 10.6 Å². The first kappa shape index (κ1) is 19.9. The van der Waals surface area contributed by atoms with Gasteiger partial charge in [-0.25, -0.2) is 17.9 Å². The molecule has 3 N–H and O–H groups in total. The first-order chi connectivity index (χ1) is 12.3. The van der Waals surface area contributed by atoms with E-state index < -0.39 is 10.0 Å². The molecule has 0 aliphatic heterocycles. The molecule has 2 rings (SSSR count). The number of nitrogens with one attached hydrogen (secondary N) is 3. The number of urea groups is 1. The van der Waals surface area contributed by atoms with Gasteiger partial charge < -0.3 is 10.6 Å². The molecule has 8 nitrogen and oxygen atoms in total. The van der Waals surface area contributed by atoms with Crippen molar-refractivity contribution in [3.05, 3.63) is 47.3 Å². The van der Waals surface area contributed by atoms with Crippen molar-refractivity contribution in [1.82, 2.24) is 25.1 Å². The Labute approximate surface area is 154 Å². The number of rotatable bonds is 8. The fourth-order valence-electron chi connectivity index (χ4n) is 2.52. The highest BCUT2D eigenvalue weighted by atomic mass is 32.2. The van der Waals surface area contributed by atoms with Crippen LogP contribution in [0.5, 0.6) is 0 Å². The molecule has 1 heterocycles. The fraction of sp³-hybridized carbons (Fsp3) is 0.412. The van der Waals surface area contributed by atoms with E-state index >= 15 is 0 Å².